The first-order chi connectivity index (χ1) is 18.3. The summed E-state index contributed by atoms with van der Waals surface area (Å²) in [5.41, 5.74) is -0.449. The Bertz CT molecular complexity index is 1810. The minimum absolute atomic E-state index is 0.184. The Labute approximate surface area is 224 Å². The van der Waals surface area contributed by atoms with Gasteiger partial charge in [-0.1, -0.05) is 17.7 Å². The molecule has 204 valence electrons. The van der Waals surface area contributed by atoms with Crippen LogP contribution in [0.5, 0.6) is 0 Å². The Morgan fingerprint density at radius 3 is 2.46 bits per heavy atom. The lowest BCUT2D eigenvalue weighted by molar-refractivity contribution is 0.0409. The Kier molecular flexibility index (Phi) is 6.62. The molecular weight excluding hydrogens is 562 g/mol. The summed E-state index contributed by atoms with van der Waals surface area (Å²) < 4.78 is 81.8. The zero-order chi connectivity index (χ0) is 28.4. The highest BCUT2D eigenvalue weighted by atomic mass is 35.5. The fraction of sp³-hybridized carbons (Fsp3) is 0.280. The molecule has 0 radical (unpaired) electrons. The van der Waals surface area contributed by atoms with Crippen LogP contribution in [0.4, 0.5) is 17.6 Å². The lowest BCUT2D eigenvalue weighted by Gasteiger charge is -2.18. The van der Waals surface area contributed by atoms with E-state index in [4.69, 9.17) is 11.6 Å². The minimum atomic E-state index is -3.95. The van der Waals surface area contributed by atoms with Gasteiger partial charge in [-0.2, -0.15) is 19.0 Å². The minimum Gasteiger partial charge on any atom is -0.277 e. The number of benzene rings is 1. The summed E-state index contributed by atoms with van der Waals surface area (Å²) >= 11 is 6.46. The van der Waals surface area contributed by atoms with Gasteiger partial charge in [-0.05, 0) is 55.5 Å². The highest BCUT2D eigenvalue weighted by Gasteiger charge is 2.43. The number of alkyl halides is 2. The summed E-state index contributed by atoms with van der Waals surface area (Å²) in [6.07, 6.45) is 3.83. The van der Waals surface area contributed by atoms with Crippen LogP contribution in [-0.2, 0) is 9.84 Å². The second kappa shape index (κ2) is 9.56. The molecule has 5 rings (SSSR count). The lowest BCUT2D eigenvalue weighted by atomic mass is 10.1. The second-order valence-corrected chi connectivity index (χ2v) is 11.7. The van der Waals surface area contributed by atoms with Crippen molar-refractivity contribution < 1.29 is 26.0 Å². The predicted molar refractivity (Wildman–Crippen MR) is 134 cm³/mol. The first kappa shape index (κ1) is 27.0. The molecule has 1 aromatic carbocycles. The van der Waals surface area contributed by atoms with Crippen molar-refractivity contribution in [3.05, 3.63) is 86.2 Å². The fourth-order valence-corrected chi connectivity index (χ4v) is 5.75. The van der Waals surface area contributed by atoms with Crippen molar-refractivity contribution in [2.24, 2.45) is 0 Å². The highest BCUT2D eigenvalue weighted by Crippen LogP contribution is 2.55. The first-order valence-electron chi connectivity index (χ1n) is 11.6. The molecule has 0 bridgehead atoms. The van der Waals surface area contributed by atoms with Gasteiger partial charge in [0, 0.05) is 29.6 Å². The molecule has 0 spiro atoms. The van der Waals surface area contributed by atoms with Crippen molar-refractivity contribution >= 4 is 21.4 Å². The molecule has 0 saturated heterocycles. The molecule has 1 aliphatic carbocycles. The van der Waals surface area contributed by atoms with Gasteiger partial charge in [-0.15, -0.1) is 4.80 Å². The summed E-state index contributed by atoms with van der Waals surface area (Å²) in [5, 5.41) is 7.14. The smallest absolute Gasteiger partial charge is 0.277 e. The van der Waals surface area contributed by atoms with Gasteiger partial charge in [0.05, 0.1) is 17.6 Å². The van der Waals surface area contributed by atoms with Crippen LogP contribution in [0.25, 0.3) is 16.9 Å². The van der Waals surface area contributed by atoms with Crippen molar-refractivity contribution in [2.75, 3.05) is 6.26 Å². The average Bonchev–Trinajstić information content (AvgIpc) is 3.49. The van der Waals surface area contributed by atoms with E-state index in [1.54, 1.807) is 13.0 Å². The topological polar surface area (TPSA) is 99.7 Å². The van der Waals surface area contributed by atoms with E-state index in [1.165, 1.54) is 31.5 Å². The van der Waals surface area contributed by atoms with E-state index in [2.05, 4.69) is 15.2 Å². The van der Waals surface area contributed by atoms with E-state index in [9.17, 15) is 22.0 Å². The molecule has 4 aromatic rings. The third-order valence-electron chi connectivity index (χ3n) is 6.65. The molecular formula is C25H20ClF4N5O3S. The molecule has 2 atom stereocenters. The molecule has 1 unspecified atom stereocenters. The van der Waals surface area contributed by atoms with Gasteiger partial charge < -0.3 is 0 Å². The van der Waals surface area contributed by atoms with Gasteiger partial charge in [0.25, 0.3) is 5.56 Å². The summed E-state index contributed by atoms with van der Waals surface area (Å²) in [7, 11) is -3.95. The SMILES string of the molecule is Cc1cnc(-c2cccc(S(C)(=O)=O)c2F)c(F)c1-n1c(C)cc([C@@H]2CC2c2cnn(C(F)F)n2)c(Cl)c1=O. The molecule has 0 N–H and O–H groups in total. The van der Waals surface area contributed by atoms with E-state index in [0.29, 0.717) is 28.2 Å². The number of aromatic nitrogens is 5. The Hall–Kier alpha value is -3.58. The number of rotatable bonds is 6. The standard InChI is InChI=1S/C25H20ClF4N5O3S/c1-11-9-31-22(13-5-4-6-18(20(13)27)39(3,37)38)21(28)23(11)34-12(2)7-16(19(26)24(34)36)14-8-15(14)17-10-32-35(33-17)25(29)30/h4-7,9-10,14-15,25H,8H2,1-3H3/t14-,15?/m1/s1. The van der Waals surface area contributed by atoms with E-state index in [0.717, 1.165) is 16.9 Å². The van der Waals surface area contributed by atoms with Crippen molar-refractivity contribution in [1.29, 1.82) is 0 Å². The van der Waals surface area contributed by atoms with Gasteiger partial charge in [0.1, 0.15) is 15.6 Å². The molecule has 3 heterocycles. The predicted octanol–water partition coefficient (Wildman–Crippen LogP) is 5.11. The van der Waals surface area contributed by atoms with Crippen molar-refractivity contribution in [1.82, 2.24) is 24.5 Å². The summed E-state index contributed by atoms with van der Waals surface area (Å²) in [6.45, 7) is 0.196. The lowest BCUT2D eigenvalue weighted by Crippen LogP contribution is -2.24. The fourth-order valence-electron chi connectivity index (χ4n) is 4.71. The van der Waals surface area contributed by atoms with Crippen molar-refractivity contribution in [3.8, 4) is 16.9 Å². The Balaban J connectivity index is 1.59. The van der Waals surface area contributed by atoms with Crippen LogP contribution >= 0.6 is 11.6 Å². The molecule has 0 aliphatic heterocycles. The molecule has 1 aliphatic rings. The van der Waals surface area contributed by atoms with Crippen LogP contribution in [0.3, 0.4) is 0 Å². The van der Waals surface area contributed by atoms with E-state index >= 15 is 8.78 Å². The number of hydrogen-bond acceptors (Lipinski definition) is 6. The zero-order valence-electron chi connectivity index (χ0n) is 20.7. The van der Waals surface area contributed by atoms with Gasteiger partial charge in [0.2, 0.25) is 0 Å². The highest BCUT2D eigenvalue weighted by molar-refractivity contribution is 7.90. The number of nitrogens with zero attached hydrogens (tertiary/aromatic N) is 5. The number of sulfone groups is 1. The van der Waals surface area contributed by atoms with Gasteiger partial charge >= 0.3 is 6.55 Å². The molecule has 1 fully saturated rings. The van der Waals surface area contributed by atoms with Crippen LogP contribution in [0, 0.1) is 25.5 Å². The maximum Gasteiger partial charge on any atom is 0.348 e. The maximum atomic E-state index is 16.0. The van der Waals surface area contributed by atoms with Gasteiger partial charge in [-0.25, -0.2) is 17.2 Å². The Morgan fingerprint density at radius 1 is 1.10 bits per heavy atom. The molecule has 3 aromatic heterocycles. The van der Waals surface area contributed by atoms with E-state index in [-0.39, 0.29) is 33.7 Å². The van der Waals surface area contributed by atoms with Crippen LogP contribution in [0.15, 0.2) is 46.3 Å². The van der Waals surface area contributed by atoms with Crippen LogP contribution < -0.4 is 5.56 Å². The van der Waals surface area contributed by atoms with Gasteiger partial charge in [-0.3, -0.25) is 14.3 Å². The summed E-state index contributed by atoms with van der Waals surface area (Å²) in [4.78, 5) is 17.1. The average molecular weight is 582 g/mol. The monoisotopic (exact) mass is 581 g/mol. The molecule has 39 heavy (non-hydrogen) atoms. The molecule has 1 saturated carbocycles. The number of pyridine rings is 2. The maximum absolute atomic E-state index is 16.0. The number of halogens is 5. The number of hydrogen-bond donors (Lipinski definition) is 0. The van der Waals surface area contributed by atoms with Crippen molar-refractivity contribution in [2.45, 2.75) is 43.5 Å². The third kappa shape index (κ3) is 4.63. The van der Waals surface area contributed by atoms with Crippen LogP contribution in [0.2, 0.25) is 5.02 Å². The summed E-state index contributed by atoms with van der Waals surface area (Å²) in [6, 6.07) is 5.13. The molecule has 8 nitrogen and oxygen atoms in total. The largest absolute Gasteiger partial charge is 0.348 e. The van der Waals surface area contributed by atoms with E-state index in [1.807, 2.05) is 0 Å². The quantitative estimate of drug-likeness (QED) is 0.294. The molecule has 14 heteroatoms. The molecule has 0 amide bonds. The zero-order valence-corrected chi connectivity index (χ0v) is 22.2. The van der Waals surface area contributed by atoms with Crippen LogP contribution in [0.1, 0.15) is 47.3 Å². The second-order valence-electron chi connectivity index (χ2n) is 9.35. The normalized spacial score (nSPS) is 17.2. The number of aryl methyl sites for hydroxylation is 2. The first-order valence-corrected chi connectivity index (χ1v) is 13.8. The summed E-state index contributed by atoms with van der Waals surface area (Å²) in [5.74, 6) is -2.74. The van der Waals surface area contributed by atoms with Crippen molar-refractivity contribution in [3.63, 3.8) is 0 Å². The van der Waals surface area contributed by atoms with Crippen LogP contribution in [-0.4, -0.2) is 39.2 Å². The Morgan fingerprint density at radius 2 is 1.82 bits per heavy atom. The van der Waals surface area contributed by atoms with E-state index < -0.39 is 44.2 Å². The third-order valence-corrected chi connectivity index (χ3v) is 8.14. The van der Waals surface area contributed by atoms with Gasteiger partial charge in [0.15, 0.2) is 21.5 Å².